The van der Waals surface area contributed by atoms with E-state index in [0.717, 1.165) is 12.1 Å². The van der Waals surface area contributed by atoms with E-state index in [1.807, 2.05) is 6.92 Å². The molecule has 2 amide bonds. The molecule has 0 bridgehead atoms. The van der Waals surface area contributed by atoms with Gasteiger partial charge in [-0.2, -0.15) is 0 Å². The summed E-state index contributed by atoms with van der Waals surface area (Å²) in [6, 6.07) is 0.848. The molecule has 1 aromatic rings. The largest absolute Gasteiger partial charge is 0.494 e. The normalized spacial score (nSPS) is 23.1. The molecule has 0 radical (unpaired) electrons. The van der Waals surface area contributed by atoms with Crippen LogP contribution in [-0.4, -0.2) is 45.1 Å². The fraction of sp³-hybridized carbons (Fsp3) is 0.533. The highest BCUT2D eigenvalue weighted by Crippen LogP contribution is 2.28. The minimum Gasteiger partial charge on any atom is -0.494 e. The lowest BCUT2D eigenvalue weighted by atomic mass is 9.85. The van der Waals surface area contributed by atoms with E-state index < -0.39 is 17.7 Å². The Balaban J connectivity index is 1.94. The van der Waals surface area contributed by atoms with Crippen molar-refractivity contribution in [1.29, 1.82) is 0 Å². The van der Waals surface area contributed by atoms with Crippen LogP contribution in [0.25, 0.3) is 0 Å². The van der Waals surface area contributed by atoms with Crippen LogP contribution in [0.15, 0.2) is 12.1 Å². The van der Waals surface area contributed by atoms with Crippen LogP contribution in [0.4, 0.5) is 19.3 Å². The Kier molecular flexibility index (Phi) is 5.73. The Morgan fingerprint density at radius 2 is 2.04 bits per heavy atom. The van der Waals surface area contributed by atoms with Crippen LogP contribution < -0.4 is 15.4 Å². The van der Waals surface area contributed by atoms with Crippen molar-refractivity contribution in [3.8, 4) is 5.75 Å². The number of benzene rings is 1. The summed E-state index contributed by atoms with van der Waals surface area (Å²) in [5.74, 6) is -1.78. The molecule has 0 saturated heterocycles. The Labute approximate surface area is 133 Å². The van der Waals surface area contributed by atoms with Gasteiger partial charge in [0.1, 0.15) is 6.10 Å². The van der Waals surface area contributed by atoms with Gasteiger partial charge in [0.05, 0.1) is 24.9 Å². The number of hydrogen-bond acceptors (Lipinski definition) is 4. The molecule has 6 nitrogen and oxygen atoms in total. The third kappa shape index (κ3) is 3.89. The summed E-state index contributed by atoms with van der Waals surface area (Å²) in [6.07, 6.45) is 0.253. The topological polar surface area (TPSA) is 68.8 Å². The van der Waals surface area contributed by atoms with Crippen LogP contribution >= 0.6 is 0 Å². The van der Waals surface area contributed by atoms with Crippen LogP contribution in [0, 0.1) is 11.6 Å². The van der Waals surface area contributed by atoms with Gasteiger partial charge in [-0.1, -0.05) is 0 Å². The predicted molar refractivity (Wildman–Crippen MR) is 79.7 cm³/mol. The van der Waals surface area contributed by atoms with Crippen molar-refractivity contribution in [2.75, 3.05) is 26.1 Å². The Morgan fingerprint density at radius 1 is 1.30 bits per heavy atom. The van der Waals surface area contributed by atoms with Crippen molar-refractivity contribution in [2.24, 2.45) is 0 Å². The number of anilines is 1. The van der Waals surface area contributed by atoms with Crippen LogP contribution in [0.3, 0.4) is 0 Å². The third-order valence-corrected chi connectivity index (χ3v) is 3.71. The molecule has 1 fully saturated rings. The quantitative estimate of drug-likeness (QED) is 0.840. The van der Waals surface area contributed by atoms with Gasteiger partial charge in [-0.3, -0.25) is 0 Å². The molecule has 1 aliphatic rings. The van der Waals surface area contributed by atoms with Crippen LogP contribution in [0.5, 0.6) is 5.75 Å². The van der Waals surface area contributed by atoms with Gasteiger partial charge in [0.15, 0.2) is 17.4 Å². The molecule has 0 aromatic heterocycles. The number of carbonyl (C=O) groups excluding carboxylic acids is 1. The average molecular weight is 330 g/mol. The number of rotatable bonds is 6. The lowest BCUT2D eigenvalue weighted by Crippen LogP contribution is -2.61. The Bertz CT molecular complexity index is 571. The Morgan fingerprint density at radius 3 is 2.65 bits per heavy atom. The zero-order valence-electron chi connectivity index (χ0n) is 13.2. The molecule has 1 saturated carbocycles. The van der Waals surface area contributed by atoms with Gasteiger partial charge in [-0.15, -0.1) is 0 Å². The fourth-order valence-electron chi connectivity index (χ4n) is 2.52. The van der Waals surface area contributed by atoms with E-state index in [0.29, 0.717) is 13.0 Å². The maximum atomic E-state index is 13.8. The van der Waals surface area contributed by atoms with E-state index >= 15 is 0 Å². The smallest absolute Gasteiger partial charge is 0.319 e. The highest BCUT2D eigenvalue weighted by atomic mass is 19.1. The van der Waals surface area contributed by atoms with E-state index in [1.165, 1.54) is 14.2 Å². The first-order valence-corrected chi connectivity index (χ1v) is 7.25. The van der Waals surface area contributed by atoms with Gasteiger partial charge in [0, 0.05) is 25.8 Å². The molecule has 2 N–H and O–H groups in total. The van der Waals surface area contributed by atoms with E-state index in [-0.39, 0.29) is 29.7 Å². The number of ether oxygens (including phenoxy) is 3. The van der Waals surface area contributed by atoms with Crippen molar-refractivity contribution < 1.29 is 27.8 Å². The highest BCUT2D eigenvalue weighted by molar-refractivity contribution is 5.89. The average Bonchev–Trinajstić information content (AvgIpc) is 2.49. The number of nitrogens with one attached hydrogen (secondary N) is 2. The maximum Gasteiger partial charge on any atom is 0.319 e. The van der Waals surface area contributed by atoms with Crippen molar-refractivity contribution in [1.82, 2.24) is 5.32 Å². The summed E-state index contributed by atoms with van der Waals surface area (Å²) in [6.45, 7) is 2.43. The van der Waals surface area contributed by atoms with Crippen molar-refractivity contribution >= 4 is 11.7 Å². The lowest BCUT2D eigenvalue weighted by Gasteiger charge is -2.43. The summed E-state index contributed by atoms with van der Waals surface area (Å²) in [5, 5.41) is 4.93. The van der Waals surface area contributed by atoms with Gasteiger partial charge in [0.25, 0.3) is 0 Å². The van der Waals surface area contributed by atoms with Crippen molar-refractivity contribution in [3.05, 3.63) is 23.8 Å². The van der Waals surface area contributed by atoms with Gasteiger partial charge >= 0.3 is 6.03 Å². The SMILES string of the molecule is CCOC1CC(NC(=O)Nc2cc(F)c(OC)cc2F)C1OC. The molecule has 0 aliphatic heterocycles. The molecule has 0 spiro atoms. The monoisotopic (exact) mass is 330 g/mol. The molecule has 3 unspecified atom stereocenters. The highest BCUT2D eigenvalue weighted by Gasteiger charge is 2.43. The van der Waals surface area contributed by atoms with Crippen LogP contribution in [0.2, 0.25) is 0 Å². The Hall–Kier alpha value is -1.93. The van der Waals surface area contributed by atoms with Gasteiger partial charge in [-0.05, 0) is 13.3 Å². The molecule has 3 atom stereocenters. The third-order valence-electron chi connectivity index (χ3n) is 3.71. The molecule has 1 aromatic carbocycles. The number of carbonyl (C=O) groups is 1. The minimum absolute atomic E-state index is 0.0783. The standard InChI is InChI=1S/C15H20F2N2O4/c1-4-23-13-7-11(14(13)22-3)19-15(20)18-10-5-9(17)12(21-2)6-8(10)16/h5-6,11,13-14H,4,7H2,1-3H3,(H2,18,19,20). The first-order valence-electron chi connectivity index (χ1n) is 7.25. The number of methoxy groups -OCH3 is 2. The van der Waals surface area contributed by atoms with Gasteiger partial charge in [0.2, 0.25) is 0 Å². The molecule has 8 heteroatoms. The zero-order chi connectivity index (χ0) is 17.0. The summed E-state index contributed by atoms with van der Waals surface area (Å²) in [5.41, 5.74) is -0.268. The summed E-state index contributed by atoms with van der Waals surface area (Å²) < 4.78 is 42.7. The lowest BCUT2D eigenvalue weighted by molar-refractivity contribution is -0.128. The van der Waals surface area contributed by atoms with E-state index in [4.69, 9.17) is 9.47 Å². The number of amides is 2. The number of urea groups is 1. The maximum absolute atomic E-state index is 13.8. The molecule has 128 valence electrons. The zero-order valence-corrected chi connectivity index (χ0v) is 13.2. The van der Waals surface area contributed by atoms with E-state index in [2.05, 4.69) is 15.4 Å². The molecule has 23 heavy (non-hydrogen) atoms. The molecule has 0 heterocycles. The molecular formula is C15H20F2N2O4. The van der Waals surface area contributed by atoms with Crippen LogP contribution in [0.1, 0.15) is 13.3 Å². The second-order valence-electron chi connectivity index (χ2n) is 5.10. The van der Waals surface area contributed by atoms with E-state index in [1.54, 1.807) is 0 Å². The fourth-order valence-corrected chi connectivity index (χ4v) is 2.52. The molecular weight excluding hydrogens is 310 g/mol. The molecule has 2 rings (SSSR count). The van der Waals surface area contributed by atoms with Crippen LogP contribution in [-0.2, 0) is 9.47 Å². The summed E-state index contributed by atoms with van der Waals surface area (Å²) in [4.78, 5) is 11.9. The number of halogens is 2. The summed E-state index contributed by atoms with van der Waals surface area (Å²) >= 11 is 0. The van der Waals surface area contributed by atoms with Crippen molar-refractivity contribution in [3.63, 3.8) is 0 Å². The second-order valence-corrected chi connectivity index (χ2v) is 5.10. The van der Waals surface area contributed by atoms with E-state index in [9.17, 15) is 13.6 Å². The van der Waals surface area contributed by atoms with Gasteiger partial charge in [-0.25, -0.2) is 13.6 Å². The summed E-state index contributed by atoms with van der Waals surface area (Å²) in [7, 11) is 2.76. The molecule has 1 aliphatic carbocycles. The predicted octanol–water partition coefficient (Wildman–Crippen LogP) is 2.29. The van der Waals surface area contributed by atoms with Gasteiger partial charge < -0.3 is 24.8 Å². The first kappa shape index (κ1) is 17.4. The van der Waals surface area contributed by atoms with Crippen molar-refractivity contribution in [2.45, 2.75) is 31.6 Å². The minimum atomic E-state index is -0.789. The number of hydrogen-bond donors (Lipinski definition) is 2. The second kappa shape index (κ2) is 7.56. The first-order chi connectivity index (χ1) is 11.0.